The van der Waals surface area contributed by atoms with Gasteiger partial charge in [-0.3, -0.25) is 9.59 Å². The van der Waals surface area contributed by atoms with Crippen LogP contribution >= 0.6 is 34.8 Å². The second-order valence-corrected chi connectivity index (χ2v) is 7.22. The first-order valence-corrected chi connectivity index (χ1v) is 9.46. The largest absolute Gasteiger partial charge is 0.368 e. The molecule has 2 amide bonds. The number of rotatable bonds is 4. The van der Waals surface area contributed by atoms with Crippen LogP contribution in [0.5, 0.6) is 0 Å². The second kappa shape index (κ2) is 8.78. The predicted molar refractivity (Wildman–Crippen MR) is 108 cm³/mol. The van der Waals surface area contributed by atoms with Crippen molar-refractivity contribution >= 4 is 58.0 Å². The van der Waals surface area contributed by atoms with E-state index in [-0.39, 0.29) is 22.6 Å². The quantitative estimate of drug-likeness (QED) is 0.596. The SMILES string of the molecule is O=C(CC(=O)N1CCN(c2ccc(Cl)cc2)CC1)Nc1ccc(Cl)nc1Cl. The van der Waals surface area contributed by atoms with Gasteiger partial charge in [-0.1, -0.05) is 34.8 Å². The number of hydrogen-bond donors (Lipinski definition) is 1. The molecule has 3 rings (SSSR count). The second-order valence-electron chi connectivity index (χ2n) is 6.04. The van der Waals surface area contributed by atoms with Gasteiger partial charge in [0.1, 0.15) is 11.6 Å². The summed E-state index contributed by atoms with van der Waals surface area (Å²) in [4.78, 5) is 32.2. The third-order valence-electron chi connectivity index (χ3n) is 4.22. The zero-order chi connectivity index (χ0) is 19.4. The summed E-state index contributed by atoms with van der Waals surface area (Å²) in [6.07, 6.45) is -0.250. The molecule has 27 heavy (non-hydrogen) atoms. The summed E-state index contributed by atoms with van der Waals surface area (Å²) in [5.74, 6) is -0.660. The Hall–Kier alpha value is -2.02. The molecule has 1 aliphatic heterocycles. The molecule has 0 radical (unpaired) electrons. The maximum absolute atomic E-state index is 12.4. The molecule has 2 heterocycles. The molecule has 0 aliphatic carbocycles. The first-order valence-electron chi connectivity index (χ1n) is 8.32. The van der Waals surface area contributed by atoms with E-state index in [1.165, 1.54) is 6.07 Å². The minimum atomic E-state index is -0.439. The van der Waals surface area contributed by atoms with Crippen molar-refractivity contribution in [2.24, 2.45) is 0 Å². The molecule has 1 fully saturated rings. The van der Waals surface area contributed by atoms with Crippen LogP contribution in [0.15, 0.2) is 36.4 Å². The molecule has 142 valence electrons. The Morgan fingerprint density at radius 3 is 2.26 bits per heavy atom. The fraction of sp³-hybridized carbons (Fsp3) is 0.278. The average molecular weight is 428 g/mol. The number of piperazine rings is 1. The molecule has 9 heteroatoms. The van der Waals surface area contributed by atoms with Gasteiger partial charge in [-0.25, -0.2) is 4.98 Å². The monoisotopic (exact) mass is 426 g/mol. The molecule has 0 saturated carbocycles. The number of nitrogens with one attached hydrogen (secondary N) is 1. The number of aromatic nitrogens is 1. The first-order chi connectivity index (χ1) is 12.9. The number of carbonyl (C=O) groups is 2. The van der Waals surface area contributed by atoms with E-state index in [4.69, 9.17) is 34.8 Å². The van der Waals surface area contributed by atoms with E-state index in [0.29, 0.717) is 36.9 Å². The molecule has 1 aromatic carbocycles. The van der Waals surface area contributed by atoms with Crippen molar-refractivity contribution < 1.29 is 9.59 Å². The Balaban J connectivity index is 1.50. The Labute approximate surface area is 172 Å². The number of benzene rings is 1. The molecule has 0 bridgehead atoms. The molecule has 6 nitrogen and oxygen atoms in total. The van der Waals surface area contributed by atoms with Gasteiger partial charge in [-0.2, -0.15) is 0 Å². The molecule has 2 aromatic rings. The molecule has 1 N–H and O–H groups in total. The Kier molecular flexibility index (Phi) is 6.42. The van der Waals surface area contributed by atoms with Crippen LogP contribution in [-0.2, 0) is 9.59 Å². The van der Waals surface area contributed by atoms with Crippen LogP contribution in [0.1, 0.15) is 6.42 Å². The molecule has 1 saturated heterocycles. The molecule has 1 aliphatic rings. The fourth-order valence-corrected chi connectivity index (χ4v) is 3.33. The summed E-state index contributed by atoms with van der Waals surface area (Å²) in [7, 11) is 0. The number of nitrogens with zero attached hydrogens (tertiary/aromatic N) is 3. The van der Waals surface area contributed by atoms with E-state index in [0.717, 1.165) is 5.69 Å². The number of pyridine rings is 1. The van der Waals surface area contributed by atoms with Crippen molar-refractivity contribution in [1.82, 2.24) is 9.88 Å². The zero-order valence-corrected chi connectivity index (χ0v) is 16.6. The van der Waals surface area contributed by atoms with Gasteiger partial charge in [0, 0.05) is 36.9 Å². The van der Waals surface area contributed by atoms with E-state index in [9.17, 15) is 9.59 Å². The van der Waals surface area contributed by atoms with Crippen LogP contribution in [-0.4, -0.2) is 47.9 Å². The smallest absolute Gasteiger partial charge is 0.233 e. The van der Waals surface area contributed by atoms with Gasteiger partial charge in [0.15, 0.2) is 5.15 Å². The lowest BCUT2D eigenvalue weighted by Gasteiger charge is -2.36. The fourth-order valence-electron chi connectivity index (χ4n) is 2.81. The van der Waals surface area contributed by atoms with E-state index < -0.39 is 5.91 Å². The van der Waals surface area contributed by atoms with E-state index in [1.807, 2.05) is 24.3 Å². The molecular formula is C18H17Cl3N4O2. The van der Waals surface area contributed by atoms with Crippen LogP contribution < -0.4 is 10.2 Å². The van der Waals surface area contributed by atoms with Crippen LogP contribution in [0.2, 0.25) is 15.3 Å². The summed E-state index contributed by atoms with van der Waals surface area (Å²) in [5, 5.41) is 3.59. The van der Waals surface area contributed by atoms with Crippen LogP contribution in [0.25, 0.3) is 0 Å². The van der Waals surface area contributed by atoms with E-state index in [1.54, 1.807) is 11.0 Å². The van der Waals surface area contributed by atoms with Crippen molar-refractivity contribution in [1.29, 1.82) is 0 Å². The highest BCUT2D eigenvalue weighted by atomic mass is 35.5. The number of anilines is 2. The van der Waals surface area contributed by atoms with Crippen molar-refractivity contribution in [3.05, 3.63) is 51.7 Å². The maximum atomic E-state index is 12.4. The minimum Gasteiger partial charge on any atom is -0.368 e. The summed E-state index contributed by atoms with van der Waals surface area (Å²) in [6.45, 7) is 2.50. The van der Waals surface area contributed by atoms with Gasteiger partial charge < -0.3 is 15.1 Å². The van der Waals surface area contributed by atoms with E-state index >= 15 is 0 Å². The van der Waals surface area contributed by atoms with Gasteiger partial charge in [-0.05, 0) is 36.4 Å². The maximum Gasteiger partial charge on any atom is 0.233 e. The number of amides is 2. The van der Waals surface area contributed by atoms with Gasteiger partial charge in [0.05, 0.1) is 5.69 Å². The number of carbonyl (C=O) groups excluding carboxylic acids is 2. The lowest BCUT2D eigenvalue weighted by atomic mass is 10.2. The lowest BCUT2D eigenvalue weighted by Crippen LogP contribution is -2.49. The number of halogens is 3. The standard InChI is InChI=1S/C18H17Cl3N4O2/c19-12-1-3-13(4-2-12)24-7-9-25(10-8-24)17(27)11-16(26)22-14-5-6-15(20)23-18(14)21/h1-6H,7-11H2,(H,22,26). The Morgan fingerprint density at radius 1 is 0.963 bits per heavy atom. The van der Waals surface area contributed by atoms with Crippen LogP contribution in [0, 0.1) is 0 Å². The molecular weight excluding hydrogens is 411 g/mol. The Bertz CT molecular complexity index is 837. The third-order valence-corrected chi connectivity index (χ3v) is 4.98. The summed E-state index contributed by atoms with van der Waals surface area (Å²) >= 11 is 17.6. The van der Waals surface area contributed by atoms with Crippen molar-refractivity contribution in [3.63, 3.8) is 0 Å². The normalized spacial score (nSPS) is 14.2. The Morgan fingerprint density at radius 2 is 1.63 bits per heavy atom. The topological polar surface area (TPSA) is 65.5 Å². The van der Waals surface area contributed by atoms with Gasteiger partial charge >= 0.3 is 0 Å². The molecule has 1 aromatic heterocycles. The molecule has 0 spiro atoms. The number of hydrogen-bond acceptors (Lipinski definition) is 4. The first kappa shape index (κ1) is 19.7. The van der Waals surface area contributed by atoms with Crippen molar-refractivity contribution in [3.8, 4) is 0 Å². The van der Waals surface area contributed by atoms with Crippen molar-refractivity contribution in [2.45, 2.75) is 6.42 Å². The summed E-state index contributed by atoms with van der Waals surface area (Å²) in [6, 6.07) is 10.7. The van der Waals surface area contributed by atoms with Gasteiger partial charge in [0.2, 0.25) is 11.8 Å². The minimum absolute atomic E-state index is 0.0832. The van der Waals surface area contributed by atoms with Crippen molar-refractivity contribution in [2.75, 3.05) is 36.4 Å². The molecule has 0 unspecified atom stereocenters. The summed E-state index contributed by atoms with van der Waals surface area (Å²) < 4.78 is 0. The molecule has 0 atom stereocenters. The van der Waals surface area contributed by atoms with Gasteiger partial charge in [0.25, 0.3) is 0 Å². The lowest BCUT2D eigenvalue weighted by molar-refractivity contribution is -0.134. The highest BCUT2D eigenvalue weighted by molar-refractivity contribution is 6.34. The third kappa shape index (κ3) is 5.25. The van der Waals surface area contributed by atoms with Crippen LogP contribution in [0.4, 0.5) is 11.4 Å². The highest BCUT2D eigenvalue weighted by Gasteiger charge is 2.23. The van der Waals surface area contributed by atoms with Gasteiger partial charge in [-0.15, -0.1) is 0 Å². The summed E-state index contributed by atoms with van der Waals surface area (Å²) in [5.41, 5.74) is 1.39. The average Bonchev–Trinajstić information content (AvgIpc) is 2.65. The van der Waals surface area contributed by atoms with Crippen LogP contribution in [0.3, 0.4) is 0 Å². The van der Waals surface area contributed by atoms with E-state index in [2.05, 4.69) is 15.2 Å². The zero-order valence-electron chi connectivity index (χ0n) is 14.3. The highest BCUT2D eigenvalue weighted by Crippen LogP contribution is 2.22. The predicted octanol–water partition coefficient (Wildman–Crippen LogP) is 3.72.